The van der Waals surface area contributed by atoms with Gasteiger partial charge in [-0.25, -0.2) is 0 Å². The Morgan fingerprint density at radius 2 is 2.17 bits per heavy atom. The second-order valence-electron chi connectivity index (χ2n) is 4.33. The van der Waals surface area contributed by atoms with Crippen molar-refractivity contribution in [2.75, 3.05) is 19.7 Å². The van der Waals surface area contributed by atoms with Crippen LogP contribution in [0.2, 0.25) is 0 Å². The SMILES string of the molecule is NN/C(COC1CCNC1)=C(\N)c1ccccc1. The molecule has 6 N–H and O–H groups in total. The second-order valence-corrected chi connectivity index (χ2v) is 4.33. The minimum atomic E-state index is 0.247. The van der Waals surface area contributed by atoms with Crippen LogP contribution in [0.25, 0.3) is 5.70 Å². The van der Waals surface area contributed by atoms with Crippen molar-refractivity contribution in [1.29, 1.82) is 0 Å². The van der Waals surface area contributed by atoms with Crippen molar-refractivity contribution in [2.24, 2.45) is 11.6 Å². The molecule has 0 bridgehead atoms. The van der Waals surface area contributed by atoms with Crippen LogP contribution in [-0.4, -0.2) is 25.8 Å². The number of nitrogens with one attached hydrogen (secondary N) is 2. The van der Waals surface area contributed by atoms with Crippen molar-refractivity contribution in [2.45, 2.75) is 12.5 Å². The molecule has 18 heavy (non-hydrogen) atoms. The highest BCUT2D eigenvalue weighted by atomic mass is 16.5. The van der Waals surface area contributed by atoms with E-state index in [2.05, 4.69) is 10.7 Å². The molecular formula is C13H20N4O. The zero-order valence-corrected chi connectivity index (χ0v) is 10.4. The van der Waals surface area contributed by atoms with Crippen LogP contribution >= 0.6 is 0 Å². The lowest BCUT2D eigenvalue weighted by molar-refractivity contribution is 0.0819. The summed E-state index contributed by atoms with van der Waals surface area (Å²) in [6.07, 6.45) is 1.28. The van der Waals surface area contributed by atoms with Gasteiger partial charge in [-0.15, -0.1) is 0 Å². The van der Waals surface area contributed by atoms with Gasteiger partial charge in [0.25, 0.3) is 0 Å². The molecule has 0 aromatic heterocycles. The number of benzene rings is 1. The van der Waals surface area contributed by atoms with E-state index in [0.717, 1.165) is 25.1 Å². The van der Waals surface area contributed by atoms with Gasteiger partial charge in [0, 0.05) is 6.54 Å². The van der Waals surface area contributed by atoms with Crippen molar-refractivity contribution in [3.05, 3.63) is 41.6 Å². The molecule has 1 aromatic rings. The van der Waals surface area contributed by atoms with Crippen molar-refractivity contribution < 1.29 is 4.74 Å². The first kappa shape index (κ1) is 12.9. The van der Waals surface area contributed by atoms with Crippen LogP contribution in [0.5, 0.6) is 0 Å². The Balaban J connectivity index is 2.01. The predicted molar refractivity (Wildman–Crippen MR) is 72.1 cm³/mol. The molecule has 5 heteroatoms. The molecular weight excluding hydrogens is 228 g/mol. The molecule has 0 radical (unpaired) electrons. The van der Waals surface area contributed by atoms with Gasteiger partial charge >= 0.3 is 0 Å². The van der Waals surface area contributed by atoms with Crippen LogP contribution in [0, 0.1) is 0 Å². The third-order valence-electron chi connectivity index (χ3n) is 3.06. The van der Waals surface area contributed by atoms with Gasteiger partial charge in [-0.3, -0.25) is 5.84 Å². The van der Waals surface area contributed by atoms with Gasteiger partial charge < -0.3 is 21.2 Å². The van der Waals surface area contributed by atoms with Gasteiger partial charge in [0.15, 0.2) is 0 Å². The van der Waals surface area contributed by atoms with E-state index in [4.69, 9.17) is 16.3 Å². The molecule has 0 spiro atoms. The third-order valence-corrected chi connectivity index (χ3v) is 3.06. The molecule has 1 unspecified atom stereocenters. The molecule has 1 fully saturated rings. The van der Waals surface area contributed by atoms with Gasteiger partial charge in [-0.05, 0) is 18.5 Å². The van der Waals surface area contributed by atoms with E-state index in [0.29, 0.717) is 18.0 Å². The molecule has 0 aliphatic carbocycles. The zero-order valence-electron chi connectivity index (χ0n) is 10.4. The first-order chi connectivity index (χ1) is 8.81. The monoisotopic (exact) mass is 248 g/mol. The maximum atomic E-state index is 6.08. The highest BCUT2D eigenvalue weighted by Gasteiger charge is 2.15. The van der Waals surface area contributed by atoms with Gasteiger partial charge in [-0.1, -0.05) is 30.3 Å². The molecule has 1 heterocycles. The highest BCUT2D eigenvalue weighted by molar-refractivity contribution is 5.65. The van der Waals surface area contributed by atoms with Crippen molar-refractivity contribution >= 4 is 5.70 Å². The molecule has 1 atom stereocenters. The number of nitrogens with two attached hydrogens (primary N) is 2. The molecule has 1 saturated heterocycles. The van der Waals surface area contributed by atoms with Crippen molar-refractivity contribution in [3.8, 4) is 0 Å². The standard InChI is InChI=1S/C13H20N4O/c14-13(10-4-2-1-3-5-10)12(17-15)9-18-11-6-7-16-8-11/h1-5,11,16-17H,6-9,14-15H2/b13-12-. The number of rotatable bonds is 5. The van der Waals surface area contributed by atoms with E-state index in [9.17, 15) is 0 Å². The first-order valence-corrected chi connectivity index (χ1v) is 6.14. The first-order valence-electron chi connectivity index (χ1n) is 6.14. The van der Waals surface area contributed by atoms with Crippen molar-refractivity contribution in [3.63, 3.8) is 0 Å². The second kappa shape index (κ2) is 6.39. The summed E-state index contributed by atoms with van der Waals surface area (Å²) in [6.45, 7) is 2.31. The smallest absolute Gasteiger partial charge is 0.0901 e. The molecule has 98 valence electrons. The zero-order chi connectivity index (χ0) is 12.8. The van der Waals surface area contributed by atoms with Gasteiger partial charge in [-0.2, -0.15) is 0 Å². The fourth-order valence-corrected chi connectivity index (χ4v) is 1.96. The fraction of sp³-hybridized carbons (Fsp3) is 0.385. The summed E-state index contributed by atoms with van der Waals surface area (Å²) in [5.74, 6) is 5.51. The molecule has 0 saturated carbocycles. The molecule has 0 amide bonds. The molecule has 1 aliphatic rings. The Morgan fingerprint density at radius 1 is 1.39 bits per heavy atom. The number of hydrogen-bond donors (Lipinski definition) is 4. The Morgan fingerprint density at radius 3 is 2.78 bits per heavy atom. The highest BCUT2D eigenvalue weighted by Crippen LogP contribution is 2.13. The van der Waals surface area contributed by atoms with Crippen LogP contribution in [0.4, 0.5) is 0 Å². The third kappa shape index (κ3) is 3.22. The average Bonchev–Trinajstić information content (AvgIpc) is 2.93. The summed E-state index contributed by atoms with van der Waals surface area (Å²) in [4.78, 5) is 0. The normalized spacial score (nSPS) is 20.6. The molecule has 2 rings (SSSR count). The Bertz CT molecular complexity index is 399. The van der Waals surface area contributed by atoms with E-state index in [-0.39, 0.29) is 6.10 Å². The van der Waals surface area contributed by atoms with Crippen LogP contribution < -0.4 is 22.3 Å². The summed E-state index contributed by atoms with van der Waals surface area (Å²) in [7, 11) is 0. The summed E-state index contributed by atoms with van der Waals surface area (Å²) in [6, 6.07) is 9.73. The van der Waals surface area contributed by atoms with E-state index >= 15 is 0 Å². The molecule has 1 aromatic carbocycles. The Labute approximate surface area is 107 Å². The summed E-state index contributed by atoms with van der Waals surface area (Å²) < 4.78 is 5.76. The lowest BCUT2D eigenvalue weighted by Crippen LogP contribution is -2.29. The summed E-state index contributed by atoms with van der Waals surface area (Å²) in [5.41, 5.74) is 11.0. The molecule has 1 aliphatic heterocycles. The van der Waals surface area contributed by atoms with E-state index < -0.39 is 0 Å². The van der Waals surface area contributed by atoms with Gasteiger partial charge in [0.2, 0.25) is 0 Å². The minimum Gasteiger partial charge on any atom is -0.397 e. The average molecular weight is 248 g/mol. The van der Waals surface area contributed by atoms with Crippen molar-refractivity contribution in [1.82, 2.24) is 10.7 Å². The van der Waals surface area contributed by atoms with Crippen LogP contribution in [-0.2, 0) is 4.74 Å². The lowest BCUT2D eigenvalue weighted by atomic mass is 10.1. The van der Waals surface area contributed by atoms with E-state index in [1.165, 1.54) is 0 Å². The number of hydrazine groups is 1. The lowest BCUT2D eigenvalue weighted by Gasteiger charge is -2.15. The largest absolute Gasteiger partial charge is 0.397 e. The van der Waals surface area contributed by atoms with Gasteiger partial charge in [0.1, 0.15) is 0 Å². The number of hydrogen-bond acceptors (Lipinski definition) is 5. The summed E-state index contributed by atoms with van der Waals surface area (Å²) >= 11 is 0. The minimum absolute atomic E-state index is 0.247. The van der Waals surface area contributed by atoms with E-state index in [1.54, 1.807) is 0 Å². The number of ether oxygens (including phenoxy) is 1. The maximum absolute atomic E-state index is 6.08. The summed E-state index contributed by atoms with van der Waals surface area (Å²) in [5, 5.41) is 3.25. The van der Waals surface area contributed by atoms with E-state index in [1.807, 2.05) is 30.3 Å². The topological polar surface area (TPSA) is 85.3 Å². The predicted octanol–water partition coefficient (Wildman–Crippen LogP) is 0.156. The molecule has 5 nitrogen and oxygen atoms in total. The quantitative estimate of drug-likeness (QED) is 0.440. The van der Waals surface area contributed by atoms with Crippen LogP contribution in [0.15, 0.2) is 36.0 Å². The van der Waals surface area contributed by atoms with Crippen LogP contribution in [0.1, 0.15) is 12.0 Å². The maximum Gasteiger partial charge on any atom is 0.0901 e. The fourth-order valence-electron chi connectivity index (χ4n) is 1.96. The van der Waals surface area contributed by atoms with Crippen LogP contribution in [0.3, 0.4) is 0 Å². The Kier molecular flexibility index (Phi) is 4.58. The van der Waals surface area contributed by atoms with Gasteiger partial charge in [0.05, 0.1) is 24.1 Å². The Hall–Kier alpha value is -1.56.